The van der Waals surface area contributed by atoms with Crippen LogP contribution in [-0.2, 0) is 5.41 Å². The molecule has 104 valence electrons. The second kappa shape index (κ2) is 7.01. The van der Waals surface area contributed by atoms with Crippen LogP contribution in [0.3, 0.4) is 0 Å². The van der Waals surface area contributed by atoms with E-state index in [2.05, 4.69) is 25.2 Å². The van der Waals surface area contributed by atoms with E-state index in [1.54, 1.807) is 14.2 Å². The summed E-state index contributed by atoms with van der Waals surface area (Å²) in [6.45, 7) is 5.79. The number of hydrogen-bond acceptors (Lipinski definition) is 4. The van der Waals surface area contributed by atoms with E-state index in [0.717, 1.165) is 23.6 Å². The average Bonchev–Trinajstić information content (AvgIpc) is 2.42. The molecule has 0 spiro atoms. The molecule has 0 saturated carbocycles. The fourth-order valence-corrected chi connectivity index (χ4v) is 2.00. The number of nitriles is 1. The molecule has 4 nitrogen and oxygen atoms in total. The highest BCUT2D eigenvalue weighted by Gasteiger charge is 2.24. The van der Waals surface area contributed by atoms with Gasteiger partial charge in [0.2, 0.25) is 0 Å². The Morgan fingerprint density at radius 2 is 2.00 bits per heavy atom. The maximum atomic E-state index is 8.53. The lowest BCUT2D eigenvalue weighted by atomic mass is 9.83. The van der Waals surface area contributed by atoms with Gasteiger partial charge in [-0.15, -0.1) is 0 Å². The average molecular weight is 262 g/mol. The van der Waals surface area contributed by atoms with E-state index in [-0.39, 0.29) is 5.41 Å². The Kier molecular flexibility index (Phi) is 5.65. The third-order valence-electron chi connectivity index (χ3n) is 3.12. The van der Waals surface area contributed by atoms with E-state index in [1.165, 1.54) is 0 Å². The third-order valence-corrected chi connectivity index (χ3v) is 3.12. The van der Waals surface area contributed by atoms with E-state index in [0.29, 0.717) is 13.0 Å². The Hall–Kier alpha value is -1.73. The van der Waals surface area contributed by atoms with Gasteiger partial charge >= 0.3 is 0 Å². The standard InChI is InChI=1S/C15H22N2O2/c1-15(2,11-17-9-5-8-16)13-7-6-12(18-3)10-14(13)19-4/h6-7,10,17H,5,9,11H2,1-4H3. The summed E-state index contributed by atoms with van der Waals surface area (Å²) < 4.78 is 10.6. The monoisotopic (exact) mass is 262 g/mol. The van der Waals surface area contributed by atoms with Crippen LogP contribution in [0.1, 0.15) is 25.8 Å². The van der Waals surface area contributed by atoms with Crippen LogP contribution in [0.2, 0.25) is 0 Å². The van der Waals surface area contributed by atoms with Gasteiger partial charge in [-0.25, -0.2) is 0 Å². The zero-order valence-electron chi connectivity index (χ0n) is 12.1. The predicted octanol–water partition coefficient (Wildman–Crippen LogP) is 2.48. The molecule has 0 aliphatic heterocycles. The molecule has 0 saturated heterocycles. The van der Waals surface area contributed by atoms with Crippen molar-refractivity contribution >= 4 is 0 Å². The summed E-state index contributed by atoms with van der Waals surface area (Å²) in [4.78, 5) is 0. The van der Waals surface area contributed by atoms with Gasteiger partial charge in [-0.2, -0.15) is 5.26 Å². The van der Waals surface area contributed by atoms with Gasteiger partial charge in [0.15, 0.2) is 0 Å². The first-order chi connectivity index (χ1) is 9.05. The second-order valence-electron chi connectivity index (χ2n) is 5.03. The van der Waals surface area contributed by atoms with Gasteiger partial charge in [0, 0.05) is 36.6 Å². The highest BCUT2D eigenvalue weighted by Crippen LogP contribution is 2.33. The normalized spacial score (nSPS) is 10.9. The molecule has 1 aromatic rings. The Labute approximate surface area is 115 Å². The molecule has 19 heavy (non-hydrogen) atoms. The van der Waals surface area contributed by atoms with Crippen molar-refractivity contribution in [1.29, 1.82) is 5.26 Å². The summed E-state index contributed by atoms with van der Waals surface area (Å²) in [6, 6.07) is 7.99. The minimum Gasteiger partial charge on any atom is -0.497 e. The lowest BCUT2D eigenvalue weighted by molar-refractivity contribution is 0.375. The largest absolute Gasteiger partial charge is 0.497 e. The van der Waals surface area contributed by atoms with Crippen molar-refractivity contribution in [2.24, 2.45) is 0 Å². The Balaban J connectivity index is 2.84. The minimum absolute atomic E-state index is 0.0763. The minimum atomic E-state index is -0.0763. The van der Waals surface area contributed by atoms with Gasteiger partial charge in [-0.1, -0.05) is 19.9 Å². The highest BCUT2D eigenvalue weighted by molar-refractivity contribution is 5.44. The number of hydrogen-bond donors (Lipinski definition) is 1. The van der Waals surface area contributed by atoms with Crippen LogP contribution in [0.5, 0.6) is 11.5 Å². The number of methoxy groups -OCH3 is 2. The SMILES string of the molecule is COc1ccc(C(C)(C)CNCCC#N)c(OC)c1. The van der Waals surface area contributed by atoms with E-state index in [9.17, 15) is 0 Å². The molecule has 0 unspecified atom stereocenters. The topological polar surface area (TPSA) is 54.3 Å². The summed E-state index contributed by atoms with van der Waals surface area (Å²) in [6.07, 6.45) is 0.524. The Morgan fingerprint density at radius 1 is 1.26 bits per heavy atom. The van der Waals surface area contributed by atoms with Crippen molar-refractivity contribution in [3.8, 4) is 17.6 Å². The van der Waals surface area contributed by atoms with E-state index in [4.69, 9.17) is 14.7 Å². The van der Waals surface area contributed by atoms with E-state index < -0.39 is 0 Å². The van der Waals surface area contributed by atoms with Crippen molar-refractivity contribution in [1.82, 2.24) is 5.32 Å². The first kappa shape index (κ1) is 15.3. The van der Waals surface area contributed by atoms with Crippen LogP contribution < -0.4 is 14.8 Å². The Morgan fingerprint density at radius 3 is 2.58 bits per heavy atom. The van der Waals surface area contributed by atoms with E-state index in [1.807, 2.05) is 18.2 Å². The molecule has 1 aromatic carbocycles. The molecule has 0 aliphatic rings. The molecule has 1 N–H and O–H groups in total. The fourth-order valence-electron chi connectivity index (χ4n) is 2.00. The first-order valence-corrected chi connectivity index (χ1v) is 6.35. The molecule has 0 radical (unpaired) electrons. The van der Waals surface area contributed by atoms with Crippen LogP contribution in [-0.4, -0.2) is 27.3 Å². The van der Waals surface area contributed by atoms with Crippen molar-refractivity contribution < 1.29 is 9.47 Å². The summed E-state index contributed by atoms with van der Waals surface area (Å²) >= 11 is 0. The molecule has 0 atom stereocenters. The van der Waals surface area contributed by atoms with Gasteiger partial charge in [0.25, 0.3) is 0 Å². The summed E-state index contributed by atoms with van der Waals surface area (Å²) in [7, 11) is 3.31. The number of nitrogens with zero attached hydrogens (tertiary/aromatic N) is 1. The molecule has 0 aliphatic carbocycles. The van der Waals surface area contributed by atoms with Gasteiger partial charge in [-0.05, 0) is 6.07 Å². The number of rotatable bonds is 7. The number of nitrogens with one attached hydrogen (secondary N) is 1. The van der Waals surface area contributed by atoms with Crippen LogP contribution in [0.25, 0.3) is 0 Å². The fraction of sp³-hybridized carbons (Fsp3) is 0.533. The zero-order chi connectivity index (χ0) is 14.3. The van der Waals surface area contributed by atoms with Gasteiger partial charge in [0.1, 0.15) is 11.5 Å². The maximum absolute atomic E-state index is 8.53. The predicted molar refractivity (Wildman–Crippen MR) is 75.7 cm³/mol. The molecule has 0 fully saturated rings. The summed E-state index contributed by atoms with van der Waals surface area (Å²) in [5, 5.41) is 11.8. The highest BCUT2D eigenvalue weighted by atomic mass is 16.5. The lowest BCUT2D eigenvalue weighted by Crippen LogP contribution is -2.33. The van der Waals surface area contributed by atoms with Crippen LogP contribution in [0, 0.1) is 11.3 Å². The van der Waals surface area contributed by atoms with Gasteiger partial charge < -0.3 is 14.8 Å². The number of benzene rings is 1. The molecular formula is C15H22N2O2. The quantitative estimate of drug-likeness (QED) is 0.767. The molecule has 0 amide bonds. The molecule has 0 bridgehead atoms. The molecule has 4 heteroatoms. The van der Waals surface area contributed by atoms with Crippen LogP contribution in [0.4, 0.5) is 0 Å². The van der Waals surface area contributed by atoms with Gasteiger partial charge in [-0.3, -0.25) is 0 Å². The third kappa shape index (κ3) is 4.15. The van der Waals surface area contributed by atoms with E-state index >= 15 is 0 Å². The van der Waals surface area contributed by atoms with Crippen molar-refractivity contribution in [2.45, 2.75) is 25.7 Å². The molecular weight excluding hydrogens is 240 g/mol. The first-order valence-electron chi connectivity index (χ1n) is 6.35. The lowest BCUT2D eigenvalue weighted by Gasteiger charge is -2.27. The second-order valence-corrected chi connectivity index (χ2v) is 5.03. The van der Waals surface area contributed by atoms with Gasteiger partial charge in [0.05, 0.1) is 20.3 Å². The Bertz CT molecular complexity index is 450. The molecule has 0 aromatic heterocycles. The summed E-state index contributed by atoms with van der Waals surface area (Å²) in [5.74, 6) is 1.61. The van der Waals surface area contributed by atoms with Crippen molar-refractivity contribution in [3.05, 3.63) is 23.8 Å². The van der Waals surface area contributed by atoms with Crippen LogP contribution >= 0.6 is 0 Å². The maximum Gasteiger partial charge on any atom is 0.126 e. The summed E-state index contributed by atoms with van der Waals surface area (Å²) in [5.41, 5.74) is 1.05. The zero-order valence-corrected chi connectivity index (χ0v) is 12.1. The van der Waals surface area contributed by atoms with Crippen molar-refractivity contribution in [3.63, 3.8) is 0 Å². The molecule has 0 heterocycles. The smallest absolute Gasteiger partial charge is 0.126 e. The molecule has 1 rings (SSSR count). The van der Waals surface area contributed by atoms with Crippen LogP contribution in [0.15, 0.2) is 18.2 Å². The number of ether oxygens (including phenoxy) is 2. The van der Waals surface area contributed by atoms with Crippen molar-refractivity contribution in [2.75, 3.05) is 27.3 Å².